The highest BCUT2D eigenvalue weighted by Crippen LogP contribution is 2.28. The van der Waals surface area contributed by atoms with Crippen LogP contribution in [0.15, 0.2) is 11.1 Å². The highest BCUT2D eigenvalue weighted by atomic mass is 35.5. The van der Waals surface area contributed by atoms with Crippen LogP contribution in [-0.2, 0) is 0 Å². The lowest BCUT2D eigenvalue weighted by atomic mass is 10.5. The zero-order chi connectivity index (χ0) is 9.61. The molecule has 0 atom stereocenters. The van der Waals surface area contributed by atoms with Crippen LogP contribution in [0.1, 0.15) is 0 Å². The van der Waals surface area contributed by atoms with E-state index in [9.17, 15) is 13.2 Å². The van der Waals surface area contributed by atoms with Crippen LogP contribution in [0.2, 0.25) is 0 Å². The molecular weight excluding hydrogens is 211 g/mol. The van der Waals surface area contributed by atoms with E-state index in [1.165, 1.54) is 11.8 Å². The van der Waals surface area contributed by atoms with Crippen LogP contribution in [0.4, 0.5) is 13.2 Å². The van der Waals surface area contributed by atoms with Gasteiger partial charge in [-0.2, -0.15) is 24.9 Å². The Bertz CT molecular complexity index is 157. The Hall–Kier alpha value is 0.130. The van der Waals surface area contributed by atoms with E-state index in [0.29, 0.717) is 12.3 Å². The van der Waals surface area contributed by atoms with Crippen LogP contribution in [0.3, 0.4) is 0 Å². The molecule has 0 bridgehead atoms. The van der Waals surface area contributed by atoms with Crippen molar-refractivity contribution < 1.29 is 13.2 Å². The summed E-state index contributed by atoms with van der Waals surface area (Å²) in [6, 6.07) is 0. The van der Waals surface area contributed by atoms with Crippen molar-refractivity contribution in [2.45, 2.75) is 6.18 Å². The maximum absolute atomic E-state index is 11.7. The molecule has 0 heterocycles. The van der Waals surface area contributed by atoms with Crippen molar-refractivity contribution in [1.82, 2.24) is 0 Å². The van der Waals surface area contributed by atoms with E-state index < -0.39 is 11.2 Å². The van der Waals surface area contributed by atoms with Gasteiger partial charge < -0.3 is 5.73 Å². The zero-order valence-corrected chi connectivity index (χ0v) is 7.77. The predicted octanol–water partition coefficient (Wildman–Crippen LogP) is 2.36. The smallest absolute Gasteiger partial charge is 0.330 e. The second-order valence-electron chi connectivity index (χ2n) is 1.91. The van der Waals surface area contributed by atoms with Gasteiger partial charge in [0.25, 0.3) is 0 Å². The summed E-state index contributed by atoms with van der Waals surface area (Å²) in [7, 11) is 0. The molecule has 0 aliphatic rings. The van der Waals surface area contributed by atoms with Crippen LogP contribution in [-0.4, -0.2) is 24.2 Å². The van der Waals surface area contributed by atoms with E-state index in [4.69, 9.17) is 17.3 Å². The van der Waals surface area contributed by atoms with Gasteiger partial charge in [0.1, 0.15) is 5.03 Å². The number of halogens is 4. The molecule has 0 fully saturated rings. The Morgan fingerprint density at radius 1 is 1.50 bits per heavy atom. The summed E-state index contributed by atoms with van der Waals surface area (Å²) in [5.74, 6) is 0.883. The van der Waals surface area contributed by atoms with Crippen LogP contribution in [0, 0.1) is 0 Å². The first kappa shape index (κ1) is 12.1. The summed E-state index contributed by atoms with van der Waals surface area (Å²) in [6.45, 7) is 0.460. The number of thioether (sulfide) groups is 1. The molecule has 2 N–H and O–H groups in total. The van der Waals surface area contributed by atoms with Crippen molar-refractivity contribution in [3.8, 4) is 0 Å². The highest BCUT2D eigenvalue weighted by molar-refractivity contribution is 7.99. The van der Waals surface area contributed by atoms with E-state index in [1.807, 2.05) is 0 Å². The number of rotatable bonds is 4. The van der Waals surface area contributed by atoms with Gasteiger partial charge in [-0.3, -0.25) is 0 Å². The van der Waals surface area contributed by atoms with Gasteiger partial charge in [-0.25, -0.2) is 0 Å². The summed E-state index contributed by atoms with van der Waals surface area (Å²) in [5, 5.41) is -1.06. The number of nitrogens with two attached hydrogens (primary N) is 1. The quantitative estimate of drug-likeness (QED) is 0.735. The summed E-state index contributed by atoms with van der Waals surface area (Å²) >= 11 is 6.24. The van der Waals surface area contributed by atoms with Gasteiger partial charge >= 0.3 is 6.18 Å². The largest absolute Gasteiger partial charge is 0.426 e. The van der Waals surface area contributed by atoms with E-state index in [1.54, 1.807) is 0 Å². The average molecular weight is 220 g/mol. The highest BCUT2D eigenvalue weighted by Gasteiger charge is 2.31. The minimum atomic E-state index is -4.41. The molecule has 0 aliphatic carbocycles. The SMILES string of the molecule is NCCSC/C=C(\Cl)C(F)(F)F. The Balaban J connectivity index is 3.70. The Kier molecular flexibility index (Phi) is 5.78. The summed E-state index contributed by atoms with van der Waals surface area (Å²) in [5.41, 5.74) is 5.13. The third-order valence-corrected chi connectivity index (χ3v) is 2.21. The molecular formula is C6H9ClF3NS. The van der Waals surface area contributed by atoms with Crippen LogP contribution < -0.4 is 5.73 Å². The maximum atomic E-state index is 11.7. The Morgan fingerprint density at radius 2 is 2.08 bits per heavy atom. The Labute approximate surface area is 78.1 Å². The molecule has 0 rings (SSSR count). The number of allylic oxidation sites excluding steroid dienone is 1. The summed E-state index contributed by atoms with van der Waals surface area (Å²) in [6.07, 6.45) is -3.47. The van der Waals surface area contributed by atoms with Crippen LogP contribution >= 0.6 is 23.4 Å². The van der Waals surface area contributed by atoms with Crippen molar-refractivity contribution >= 4 is 23.4 Å². The van der Waals surface area contributed by atoms with E-state index in [2.05, 4.69) is 0 Å². The fraction of sp³-hybridized carbons (Fsp3) is 0.667. The summed E-state index contributed by atoms with van der Waals surface area (Å²) < 4.78 is 35.2. The van der Waals surface area contributed by atoms with Gasteiger partial charge in [0, 0.05) is 18.1 Å². The second-order valence-corrected chi connectivity index (χ2v) is 3.47. The van der Waals surface area contributed by atoms with Gasteiger partial charge in [-0.1, -0.05) is 17.7 Å². The normalized spacial score (nSPS) is 13.6. The molecule has 12 heavy (non-hydrogen) atoms. The molecule has 0 unspecified atom stereocenters. The predicted molar refractivity (Wildman–Crippen MR) is 46.4 cm³/mol. The van der Waals surface area contributed by atoms with E-state index in [0.717, 1.165) is 6.08 Å². The standard InChI is InChI=1S/C6H9ClF3NS/c7-5(6(8,9)10)1-3-12-4-2-11/h1H,2-4,11H2/b5-1-. The maximum Gasteiger partial charge on any atom is 0.426 e. The molecule has 0 saturated heterocycles. The molecule has 0 amide bonds. The molecule has 0 spiro atoms. The molecule has 0 aliphatic heterocycles. The molecule has 0 aromatic heterocycles. The first-order valence-electron chi connectivity index (χ1n) is 3.19. The molecule has 1 nitrogen and oxygen atoms in total. The number of alkyl halides is 3. The van der Waals surface area contributed by atoms with Crippen molar-refractivity contribution in [1.29, 1.82) is 0 Å². The molecule has 0 radical (unpaired) electrons. The van der Waals surface area contributed by atoms with Gasteiger partial charge in [0.2, 0.25) is 0 Å². The van der Waals surface area contributed by atoms with E-state index in [-0.39, 0.29) is 5.75 Å². The third kappa shape index (κ3) is 5.74. The fourth-order valence-electron chi connectivity index (χ4n) is 0.414. The third-order valence-electron chi connectivity index (χ3n) is 0.913. The molecule has 0 aromatic carbocycles. The van der Waals surface area contributed by atoms with Gasteiger partial charge in [0.15, 0.2) is 0 Å². The first-order valence-corrected chi connectivity index (χ1v) is 4.72. The van der Waals surface area contributed by atoms with Crippen LogP contribution in [0.25, 0.3) is 0 Å². The molecule has 0 aromatic rings. The first-order chi connectivity index (χ1) is 5.48. The lowest BCUT2D eigenvalue weighted by molar-refractivity contribution is -0.0846. The average Bonchev–Trinajstić information content (AvgIpc) is 1.96. The van der Waals surface area contributed by atoms with Gasteiger partial charge in [0.05, 0.1) is 0 Å². The number of hydrogen-bond acceptors (Lipinski definition) is 2. The fourth-order valence-corrected chi connectivity index (χ4v) is 1.20. The van der Waals surface area contributed by atoms with Crippen molar-refractivity contribution in [2.75, 3.05) is 18.1 Å². The second kappa shape index (κ2) is 5.72. The summed E-state index contributed by atoms with van der Waals surface area (Å²) in [4.78, 5) is 0. The van der Waals surface area contributed by atoms with Gasteiger partial charge in [-0.15, -0.1) is 0 Å². The monoisotopic (exact) mass is 219 g/mol. The topological polar surface area (TPSA) is 26.0 Å². The Morgan fingerprint density at radius 3 is 2.50 bits per heavy atom. The lowest BCUT2D eigenvalue weighted by Crippen LogP contribution is -2.07. The van der Waals surface area contributed by atoms with E-state index >= 15 is 0 Å². The minimum absolute atomic E-state index is 0.246. The van der Waals surface area contributed by atoms with Crippen LogP contribution in [0.5, 0.6) is 0 Å². The minimum Gasteiger partial charge on any atom is -0.330 e. The van der Waals surface area contributed by atoms with Gasteiger partial charge in [-0.05, 0) is 0 Å². The molecule has 72 valence electrons. The lowest BCUT2D eigenvalue weighted by Gasteiger charge is -2.03. The van der Waals surface area contributed by atoms with Crippen molar-refractivity contribution in [3.63, 3.8) is 0 Å². The van der Waals surface area contributed by atoms with Crippen molar-refractivity contribution in [2.24, 2.45) is 5.73 Å². The van der Waals surface area contributed by atoms with Crippen molar-refractivity contribution in [3.05, 3.63) is 11.1 Å². The number of hydrogen-bond donors (Lipinski definition) is 1. The zero-order valence-electron chi connectivity index (χ0n) is 6.20. The molecule has 0 saturated carbocycles. The molecule has 6 heteroatoms.